The summed E-state index contributed by atoms with van der Waals surface area (Å²) in [5, 5.41) is 2.96. The van der Waals surface area contributed by atoms with Crippen LogP contribution in [0.3, 0.4) is 0 Å². The van der Waals surface area contributed by atoms with Gasteiger partial charge in [0.1, 0.15) is 0 Å². The van der Waals surface area contributed by atoms with E-state index in [1.165, 1.54) is 0 Å². The number of hydrogen-bond donors (Lipinski definition) is 1. The van der Waals surface area contributed by atoms with E-state index in [1.807, 2.05) is 11.9 Å². The molecule has 1 N–H and O–H groups in total. The Kier molecular flexibility index (Phi) is 3.16. The summed E-state index contributed by atoms with van der Waals surface area (Å²) in [6.45, 7) is 2.40. The molecule has 0 spiro atoms. The third-order valence-corrected chi connectivity index (χ3v) is 2.72. The van der Waals surface area contributed by atoms with Crippen molar-refractivity contribution in [3.63, 3.8) is 0 Å². The van der Waals surface area contributed by atoms with E-state index in [2.05, 4.69) is 10.3 Å². The van der Waals surface area contributed by atoms with Gasteiger partial charge in [-0.25, -0.2) is 9.37 Å². The van der Waals surface area contributed by atoms with Gasteiger partial charge in [0.2, 0.25) is 0 Å². The minimum atomic E-state index is -0.172. The van der Waals surface area contributed by atoms with Crippen molar-refractivity contribution in [2.45, 2.75) is 19.4 Å². The van der Waals surface area contributed by atoms with Crippen LogP contribution in [0.25, 0.3) is 0 Å². The zero-order valence-electron chi connectivity index (χ0n) is 8.96. The number of nitrogens with zero attached hydrogens (tertiary/aromatic N) is 2. The first-order valence-electron chi connectivity index (χ1n) is 5.36. The summed E-state index contributed by atoms with van der Waals surface area (Å²) in [6.07, 6.45) is 3.96. The molecule has 1 fully saturated rings. The summed E-state index contributed by atoms with van der Waals surface area (Å²) in [5.74, 6) is 0.342. The number of hydrogen-bond acceptors (Lipinski definition) is 3. The van der Waals surface area contributed by atoms with Gasteiger partial charge in [0, 0.05) is 31.4 Å². The maximum Gasteiger partial charge on any atom is 0.170 e. The van der Waals surface area contributed by atoms with Crippen LogP contribution in [0.1, 0.15) is 18.4 Å². The highest BCUT2D eigenvalue weighted by Gasteiger charge is 2.18. The van der Waals surface area contributed by atoms with Gasteiger partial charge in [-0.15, -0.1) is 0 Å². The Morgan fingerprint density at radius 3 is 2.87 bits per heavy atom. The predicted molar refractivity (Wildman–Crippen MR) is 58.4 cm³/mol. The number of nitrogens with one attached hydrogen (secondary N) is 1. The van der Waals surface area contributed by atoms with Crippen LogP contribution in [0.5, 0.6) is 0 Å². The molecule has 2 heterocycles. The summed E-state index contributed by atoms with van der Waals surface area (Å²) < 4.78 is 14.0. The van der Waals surface area contributed by atoms with E-state index >= 15 is 0 Å². The molecule has 0 radical (unpaired) electrons. The summed E-state index contributed by atoms with van der Waals surface area (Å²) in [6, 6.07) is 1.73. The van der Waals surface area contributed by atoms with E-state index in [0.29, 0.717) is 17.9 Å². The van der Waals surface area contributed by atoms with Gasteiger partial charge in [-0.3, -0.25) is 0 Å². The van der Waals surface area contributed by atoms with Crippen LogP contribution in [0.15, 0.2) is 12.3 Å². The van der Waals surface area contributed by atoms with Gasteiger partial charge in [0.15, 0.2) is 11.6 Å². The predicted octanol–water partition coefficient (Wildman–Crippen LogP) is 1.54. The van der Waals surface area contributed by atoms with Gasteiger partial charge in [-0.2, -0.15) is 0 Å². The average Bonchev–Trinajstić information content (AvgIpc) is 2.74. The van der Waals surface area contributed by atoms with Gasteiger partial charge >= 0.3 is 0 Å². The Morgan fingerprint density at radius 2 is 2.20 bits per heavy atom. The maximum atomic E-state index is 14.0. The summed E-state index contributed by atoms with van der Waals surface area (Å²) in [4.78, 5) is 6.15. The summed E-state index contributed by atoms with van der Waals surface area (Å²) in [5.41, 5.74) is 0.689. The van der Waals surface area contributed by atoms with Gasteiger partial charge in [0.25, 0.3) is 0 Å². The van der Waals surface area contributed by atoms with Crippen LogP contribution in [-0.4, -0.2) is 25.1 Å². The molecule has 0 aliphatic carbocycles. The van der Waals surface area contributed by atoms with E-state index in [-0.39, 0.29) is 5.82 Å². The number of aromatic nitrogens is 1. The molecular weight excluding hydrogens is 193 g/mol. The van der Waals surface area contributed by atoms with E-state index in [9.17, 15) is 4.39 Å². The molecule has 1 aliphatic heterocycles. The maximum absolute atomic E-state index is 14.0. The molecule has 15 heavy (non-hydrogen) atoms. The molecule has 0 saturated carbocycles. The zero-order valence-corrected chi connectivity index (χ0v) is 8.96. The second-order valence-corrected chi connectivity index (χ2v) is 3.83. The van der Waals surface area contributed by atoms with E-state index in [1.54, 1.807) is 12.3 Å². The molecule has 0 unspecified atom stereocenters. The third kappa shape index (κ3) is 2.09. The molecule has 1 saturated heterocycles. The Labute approximate surface area is 89.3 Å². The van der Waals surface area contributed by atoms with E-state index < -0.39 is 0 Å². The molecule has 4 heteroatoms. The van der Waals surface area contributed by atoms with Crippen molar-refractivity contribution in [1.29, 1.82) is 0 Å². The molecule has 0 atom stereocenters. The second kappa shape index (κ2) is 4.57. The van der Waals surface area contributed by atoms with Crippen LogP contribution < -0.4 is 10.2 Å². The van der Waals surface area contributed by atoms with Crippen molar-refractivity contribution in [2.75, 3.05) is 25.0 Å². The molecule has 3 nitrogen and oxygen atoms in total. The fourth-order valence-corrected chi connectivity index (χ4v) is 1.95. The highest BCUT2D eigenvalue weighted by molar-refractivity contribution is 5.43. The molecule has 0 aromatic carbocycles. The fraction of sp³-hybridized carbons (Fsp3) is 0.545. The van der Waals surface area contributed by atoms with Crippen LogP contribution in [0.2, 0.25) is 0 Å². The number of rotatable bonds is 3. The van der Waals surface area contributed by atoms with Gasteiger partial charge in [-0.1, -0.05) is 0 Å². The SMILES string of the molecule is CNCc1ccnc(N2CCCC2)c1F. The van der Waals surface area contributed by atoms with Crippen molar-refractivity contribution < 1.29 is 4.39 Å². The van der Waals surface area contributed by atoms with Gasteiger partial charge in [0.05, 0.1) is 0 Å². The molecule has 1 aliphatic rings. The first-order chi connectivity index (χ1) is 7.33. The fourth-order valence-electron chi connectivity index (χ4n) is 1.95. The van der Waals surface area contributed by atoms with Crippen molar-refractivity contribution in [3.05, 3.63) is 23.6 Å². The molecule has 2 rings (SSSR count). The van der Waals surface area contributed by atoms with Crippen molar-refractivity contribution in [2.24, 2.45) is 0 Å². The standard InChI is InChI=1S/C11H16FN3/c1-13-8-9-4-5-14-11(10(9)12)15-6-2-3-7-15/h4-5,13H,2-3,6-8H2,1H3. The normalized spacial score (nSPS) is 16.0. The first kappa shape index (κ1) is 10.4. The van der Waals surface area contributed by atoms with Crippen LogP contribution in [0, 0.1) is 5.82 Å². The first-order valence-corrected chi connectivity index (χ1v) is 5.36. The minimum Gasteiger partial charge on any atom is -0.354 e. The Balaban J connectivity index is 2.26. The monoisotopic (exact) mass is 209 g/mol. The Hall–Kier alpha value is -1.16. The van der Waals surface area contributed by atoms with Gasteiger partial charge < -0.3 is 10.2 Å². The van der Waals surface area contributed by atoms with Gasteiger partial charge in [-0.05, 0) is 26.0 Å². The lowest BCUT2D eigenvalue weighted by Crippen LogP contribution is -2.21. The second-order valence-electron chi connectivity index (χ2n) is 3.83. The third-order valence-electron chi connectivity index (χ3n) is 2.72. The molecule has 1 aromatic rings. The Bertz CT molecular complexity index is 335. The van der Waals surface area contributed by atoms with Crippen molar-refractivity contribution >= 4 is 5.82 Å². The minimum absolute atomic E-state index is 0.172. The van der Waals surface area contributed by atoms with E-state index in [0.717, 1.165) is 25.9 Å². The number of anilines is 1. The lowest BCUT2D eigenvalue weighted by atomic mass is 10.2. The largest absolute Gasteiger partial charge is 0.354 e. The molecule has 0 amide bonds. The van der Waals surface area contributed by atoms with Crippen LogP contribution in [-0.2, 0) is 6.54 Å². The van der Waals surface area contributed by atoms with E-state index in [4.69, 9.17) is 0 Å². The smallest absolute Gasteiger partial charge is 0.170 e. The summed E-state index contributed by atoms with van der Waals surface area (Å²) >= 11 is 0. The highest BCUT2D eigenvalue weighted by atomic mass is 19.1. The molecular formula is C11H16FN3. The zero-order chi connectivity index (χ0) is 10.7. The lowest BCUT2D eigenvalue weighted by molar-refractivity contribution is 0.590. The summed E-state index contributed by atoms with van der Waals surface area (Å²) in [7, 11) is 1.81. The van der Waals surface area contributed by atoms with Crippen molar-refractivity contribution in [3.8, 4) is 0 Å². The van der Waals surface area contributed by atoms with Crippen LogP contribution in [0.4, 0.5) is 10.2 Å². The highest BCUT2D eigenvalue weighted by Crippen LogP contribution is 2.22. The number of pyridine rings is 1. The lowest BCUT2D eigenvalue weighted by Gasteiger charge is -2.18. The topological polar surface area (TPSA) is 28.2 Å². The molecule has 1 aromatic heterocycles. The van der Waals surface area contributed by atoms with Crippen molar-refractivity contribution in [1.82, 2.24) is 10.3 Å². The quantitative estimate of drug-likeness (QED) is 0.818. The average molecular weight is 209 g/mol. The Morgan fingerprint density at radius 1 is 1.47 bits per heavy atom. The van der Waals surface area contributed by atoms with Crippen LogP contribution >= 0.6 is 0 Å². The molecule has 0 bridgehead atoms. The molecule has 82 valence electrons. The number of halogens is 1.